The predicted octanol–water partition coefficient (Wildman–Crippen LogP) is 3.25. The van der Waals surface area contributed by atoms with Gasteiger partial charge in [0.2, 0.25) is 11.7 Å². The highest BCUT2D eigenvalue weighted by molar-refractivity contribution is 5.69. The van der Waals surface area contributed by atoms with Crippen molar-refractivity contribution < 1.29 is 18.8 Å². The van der Waals surface area contributed by atoms with Gasteiger partial charge in [-0.3, -0.25) is 9.78 Å². The zero-order valence-corrected chi connectivity index (χ0v) is 15.1. The second-order valence-corrected chi connectivity index (χ2v) is 5.93. The fourth-order valence-electron chi connectivity index (χ4n) is 2.50. The molecule has 0 bridgehead atoms. The Morgan fingerprint density at radius 3 is 2.74 bits per heavy atom. The topological polar surface area (TPSA) is 87.3 Å². The van der Waals surface area contributed by atoms with Crippen molar-refractivity contribution in [3.05, 3.63) is 60.2 Å². The van der Waals surface area contributed by atoms with Crippen LogP contribution in [-0.2, 0) is 22.4 Å². The van der Waals surface area contributed by atoms with Gasteiger partial charge in [-0.15, -0.1) is 0 Å². The van der Waals surface area contributed by atoms with Gasteiger partial charge in [-0.05, 0) is 48.7 Å². The molecule has 0 amide bonds. The zero-order valence-electron chi connectivity index (χ0n) is 15.1. The molecule has 0 spiro atoms. The molecule has 0 aliphatic carbocycles. The van der Waals surface area contributed by atoms with Gasteiger partial charge in [-0.2, -0.15) is 4.98 Å². The normalized spacial score (nSPS) is 10.6. The van der Waals surface area contributed by atoms with Crippen molar-refractivity contribution in [3.63, 3.8) is 0 Å². The Labute approximate surface area is 157 Å². The smallest absolute Gasteiger partial charge is 0.306 e. The summed E-state index contributed by atoms with van der Waals surface area (Å²) in [5.74, 6) is 1.38. The van der Waals surface area contributed by atoms with Crippen molar-refractivity contribution in [2.45, 2.75) is 25.7 Å². The van der Waals surface area contributed by atoms with Crippen molar-refractivity contribution >= 4 is 5.97 Å². The molecule has 0 fully saturated rings. The highest BCUT2D eigenvalue weighted by atomic mass is 16.5. The number of benzene rings is 1. The van der Waals surface area contributed by atoms with Gasteiger partial charge in [0.05, 0.1) is 20.1 Å². The van der Waals surface area contributed by atoms with Crippen molar-refractivity contribution in [2.75, 3.05) is 13.7 Å². The van der Waals surface area contributed by atoms with Crippen molar-refractivity contribution in [1.82, 2.24) is 15.1 Å². The first-order chi connectivity index (χ1) is 13.2. The summed E-state index contributed by atoms with van der Waals surface area (Å²) in [6.45, 7) is 0.384. The second-order valence-electron chi connectivity index (χ2n) is 5.93. The van der Waals surface area contributed by atoms with Gasteiger partial charge >= 0.3 is 5.97 Å². The number of aryl methyl sites for hydroxylation is 2. The molecular formula is C20H21N3O4. The lowest BCUT2D eigenvalue weighted by atomic mass is 10.2. The summed E-state index contributed by atoms with van der Waals surface area (Å²) in [7, 11) is 1.61. The summed E-state index contributed by atoms with van der Waals surface area (Å²) in [4.78, 5) is 20.2. The molecule has 0 radical (unpaired) electrons. The molecule has 7 nitrogen and oxygen atoms in total. The van der Waals surface area contributed by atoms with Gasteiger partial charge in [0.25, 0.3) is 0 Å². The monoisotopic (exact) mass is 367 g/mol. The third-order valence-corrected chi connectivity index (χ3v) is 3.95. The molecule has 1 aromatic carbocycles. The molecule has 0 unspecified atom stereocenters. The second kappa shape index (κ2) is 9.47. The van der Waals surface area contributed by atoms with Crippen LogP contribution < -0.4 is 4.74 Å². The first-order valence-electron chi connectivity index (χ1n) is 8.76. The molecule has 140 valence electrons. The standard InChI is InChI=1S/C20H21N3O4/c1-25-17-8-6-16(7-9-17)20-22-18(27-23-20)10-11-19(24)26-13-3-5-15-4-2-12-21-14-15/h2,4,6-9,12,14H,3,5,10-11,13H2,1H3. The molecule has 2 aromatic heterocycles. The minimum absolute atomic E-state index is 0.205. The van der Waals surface area contributed by atoms with Crippen molar-refractivity contribution in [3.8, 4) is 17.1 Å². The molecule has 0 saturated heterocycles. The maximum atomic E-state index is 11.8. The van der Waals surface area contributed by atoms with Gasteiger partial charge in [0.1, 0.15) is 5.75 Å². The highest BCUT2D eigenvalue weighted by Gasteiger charge is 2.11. The SMILES string of the molecule is COc1ccc(-c2noc(CCC(=O)OCCCc3cccnc3)n2)cc1. The van der Waals surface area contributed by atoms with Gasteiger partial charge < -0.3 is 14.0 Å². The average molecular weight is 367 g/mol. The molecule has 0 saturated carbocycles. The Kier molecular flexibility index (Phi) is 6.51. The molecule has 0 aliphatic rings. The lowest BCUT2D eigenvalue weighted by Gasteiger charge is -2.03. The van der Waals surface area contributed by atoms with E-state index in [0.717, 1.165) is 29.7 Å². The number of hydrogen-bond donors (Lipinski definition) is 0. The van der Waals surface area contributed by atoms with Crippen molar-refractivity contribution in [1.29, 1.82) is 0 Å². The molecule has 2 heterocycles. The van der Waals surface area contributed by atoms with Crippen LogP contribution in [0.2, 0.25) is 0 Å². The van der Waals surface area contributed by atoms with E-state index in [9.17, 15) is 4.79 Å². The lowest BCUT2D eigenvalue weighted by Crippen LogP contribution is -2.08. The minimum Gasteiger partial charge on any atom is -0.497 e. The number of esters is 1. The molecule has 0 aliphatic heterocycles. The Bertz CT molecular complexity index is 847. The Morgan fingerprint density at radius 1 is 1.15 bits per heavy atom. The Morgan fingerprint density at radius 2 is 2.00 bits per heavy atom. The van der Waals surface area contributed by atoms with Crippen LogP contribution in [0.25, 0.3) is 11.4 Å². The van der Waals surface area contributed by atoms with Crippen LogP contribution in [0.4, 0.5) is 0 Å². The van der Waals surface area contributed by atoms with Crippen LogP contribution in [0.15, 0.2) is 53.3 Å². The average Bonchev–Trinajstić information content (AvgIpc) is 3.19. The van der Waals surface area contributed by atoms with E-state index in [1.807, 2.05) is 42.6 Å². The quantitative estimate of drug-likeness (QED) is 0.424. The number of rotatable bonds is 9. The summed E-state index contributed by atoms with van der Waals surface area (Å²) in [6.07, 6.45) is 5.70. The molecule has 7 heteroatoms. The number of nitrogens with zero attached hydrogens (tertiary/aromatic N) is 3. The minimum atomic E-state index is -0.273. The maximum Gasteiger partial charge on any atom is 0.306 e. The highest BCUT2D eigenvalue weighted by Crippen LogP contribution is 2.20. The van der Waals surface area contributed by atoms with Crippen LogP contribution in [0.5, 0.6) is 5.75 Å². The van der Waals surface area contributed by atoms with Crippen LogP contribution in [0, 0.1) is 0 Å². The van der Waals surface area contributed by atoms with E-state index in [-0.39, 0.29) is 12.4 Å². The molecule has 3 aromatic rings. The van der Waals surface area contributed by atoms with Crippen molar-refractivity contribution in [2.24, 2.45) is 0 Å². The lowest BCUT2D eigenvalue weighted by molar-refractivity contribution is -0.143. The van der Waals surface area contributed by atoms with E-state index in [0.29, 0.717) is 24.7 Å². The number of carbonyl (C=O) groups excluding carboxylic acids is 1. The molecule has 27 heavy (non-hydrogen) atoms. The molecule has 0 N–H and O–H groups in total. The van der Waals surface area contributed by atoms with Gasteiger partial charge in [0.15, 0.2) is 0 Å². The number of methoxy groups -OCH3 is 1. The predicted molar refractivity (Wildman–Crippen MR) is 98.1 cm³/mol. The van der Waals surface area contributed by atoms with E-state index < -0.39 is 0 Å². The largest absolute Gasteiger partial charge is 0.497 e. The number of ether oxygens (including phenoxy) is 2. The molecular weight excluding hydrogens is 346 g/mol. The number of aromatic nitrogens is 3. The van der Waals surface area contributed by atoms with E-state index in [2.05, 4.69) is 15.1 Å². The van der Waals surface area contributed by atoms with E-state index in [1.165, 1.54) is 0 Å². The molecule has 3 rings (SSSR count). The number of carbonyl (C=O) groups is 1. The van der Waals surface area contributed by atoms with E-state index >= 15 is 0 Å². The third-order valence-electron chi connectivity index (χ3n) is 3.95. The van der Waals surface area contributed by atoms with Crippen LogP contribution >= 0.6 is 0 Å². The van der Waals surface area contributed by atoms with Crippen LogP contribution in [0.3, 0.4) is 0 Å². The van der Waals surface area contributed by atoms with Crippen LogP contribution in [-0.4, -0.2) is 34.8 Å². The maximum absolute atomic E-state index is 11.8. The number of pyridine rings is 1. The van der Waals surface area contributed by atoms with Gasteiger partial charge in [-0.25, -0.2) is 0 Å². The van der Waals surface area contributed by atoms with E-state index in [4.69, 9.17) is 14.0 Å². The van der Waals surface area contributed by atoms with Gasteiger partial charge in [-0.1, -0.05) is 11.2 Å². The molecule has 0 atom stereocenters. The fraction of sp³-hybridized carbons (Fsp3) is 0.300. The summed E-state index contributed by atoms with van der Waals surface area (Å²) >= 11 is 0. The first-order valence-corrected chi connectivity index (χ1v) is 8.76. The summed E-state index contributed by atoms with van der Waals surface area (Å²) < 4.78 is 15.6. The summed E-state index contributed by atoms with van der Waals surface area (Å²) in [5, 5.41) is 3.94. The van der Waals surface area contributed by atoms with E-state index in [1.54, 1.807) is 13.3 Å². The Hall–Kier alpha value is -3.22. The zero-order chi connectivity index (χ0) is 18.9. The summed E-state index contributed by atoms with van der Waals surface area (Å²) in [6, 6.07) is 11.3. The van der Waals surface area contributed by atoms with Crippen LogP contribution in [0.1, 0.15) is 24.3 Å². The third kappa shape index (κ3) is 5.64. The summed E-state index contributed by atoms with van der Waals surface area (Å²) in [5.41, 5.74) is 1.95. The number of hydrogen-bond acceptors (Lipinski definition) is 7. The van der Waals surface area contributed by atoms with Gasteiger partial charge in [0, 0.05) is 24.4 Å². The Balaban J connectivity index is 1.39. The first kappa shape index (κ1) is 18.6. The fourth-order valence-corrected chi connectivity index (χ4v) is 2.50.